The van der Waals surface area contributed by atoms with Gasteiger partial charge in [-0.3, -0.25) is 9.69 Å². The maximum Gasteiger partial charge on any atom is 0.219 e. The molecule has 0 aromatic rings. The van der Waals surface area contributed by atoms with Crippen LogP contribution in [-0.2, 0) is 14.3 Å². The molecule has 23 heavy (non-hydrogen) atoms. The maximum atomic E-state index is 12.1. The summed E-state index contributed by atoms with van der Waals surface area (Å²) < 4.78 is 11.5. The number of amides is 1. The second-order valence-electron chi connectivity index (χ2n) is 7.40. The molecule has 2 saturated heterocycles. The molecule has 5 nitrogen and oxygen atoms in total. The van der Waals surface area contributed by atoms with Crippen LogP contribution in [0.15, 0.2) is 0 Å². The molecule has 5 heteroatoms. The van der Waals surface area contributed by atoms with Crippen LogP contribution in [-0.4, -0.2) is 66.9 Å². The van der Waals surface area contributed by atoms with Gasteiger partial charge >= 0.3 is 0 Å². The monoisotopic (exact) mass is 324 g/mol. The first-order valence-corrected chi connectivity index (χ1v) is 9.43. The van der Waals surface area contributed by atoms with Gasteiger partial charge in [-0.25, -0.2) is 0 Å². The van der Waals surface area contributed by atoms with Gasteiger partial charge in [0.1, 0.15) is 0 Å². The van der Waals surface area contributed by atoms with Crippen molar-refractivity contribution in [2.24, 2.45) is 0 Å². The number of ether oxygens (including phenoxy) is 2. The van der Waals surface area contributed by atoms with Gasteiger partial charge in [-0.05, 0) is 32.1 Å². The summed E-state index contributed by atoms with van der Waals surface area (Å²) in [7, 11) is 0. The molecule has 3 rings (SSSR count). The van der Waals surface area contributed by atoms with Gasteiger partial charge in [-0.15, -0.1) is 0 Å². The van der Waals surface area contributed by atoms with Gasteiger partial charge < -0.3 is 14.4 Å². The topological polar surface area (TPSA) is 42.0 Å². The Morgan fingerprint density at radius 1 is 1.17 bits per heavy atom. The van der Waals surface area contributed by atoms with E-state index in [1.54, 1.807) is 6.92 Å². The molecule has 1 aliphatic carbocycles. The van der Waals surface area contributed by atoms with Crippen LogP contribution in [0, 0.1) is 0 Å². The Kier molecular flexibility index (Phi) is 5.94. The first-order valence-electron chi connectivity index (χ1n) is 9.43. The molecule has 1 spiro atoms. The van der Waals surface area contributed by atoms with E-state index < -0.39 is 0 Å². The van der Waals surface area contributed by atoms with Gasteiger partial charge in [0.05, 0.1) is 12.1 Å². The third-order valence-corrected chi connectivity index (χ3v) is 5.74. The van der Waals surface area contributed by atoms with Crippen molar-refractivity contribution in [2.75, 3.05) is 39.4 Å². The van der Waals surface area contributed by atoms with Gasteiger partial charge in [0.2, 0.25) is 5.91 Å². The van der Waals surface area contributed by atoms with Crippen LogP contribution in [0.1, 0.15) is 58.3 Å². The van der Waals surface area contributed by atoms with Crippen LogP contribution in [0.4, 0.5) is 0 Å². The molecule has 2 aliphatic heterocycles. The molecule has 2 heterocycles. The summed E-state index contributed by atoms with van der Waals surface area (Å²) in [5.41, 5.74) is 0.0870. The smallest absolute Gasteiger partial charge is 0.219 e. The molecule has 0 bridgehead atoms. The van der Waals surface area contributed by atoms with Crippen LogP contribution in [0.5, 0.6) is 0 Å². The first kappa shape index (κ1) is 17.2. The van der Waals surface area contributed by atoms with E-state index in [-0.39, 0.29) is 17.7 Å². The predicted octanol–water partition coefficient (Wildman–Crippen LogP) is 2.40. The van der Waals surface area contributed by atoms with Crippen LogP contribution in [0.2, 0.25) is 0 Å². The van der Waals surface area contributed by atoms with Gasteiger partial charge in [0, 0.05) is 39.7 Å². The predicted molar refractivity (Wildman–Crippen MR) is 89.2 cm³/mol. The number of hydrogen-bond donors (Lipinski definition) is 0. The van der Waals surface area contributed by atoms with Crippen LogP contribution in [0.3, 0.4) is 0 Å². The SMILES string of the molecule is CC(=O)N1CCN(CCO[C@H]2CCCCO2)CC12CCCCC2. The van der Waals surface area contributed by atoms with Crippen LogP contribution >= 0.6 is 0 Å². The molecular weight excluding hydrogens is 292 g/mol. The Morgan fingerprint density at radius 3 is 2.70 bits per heavy atom. The first-order chi connectivity index (χ1) is 11.2. The largest absolute Gasteiger partial charge is 0.353 e. The zero-order valence-corrected chi connectivity index (χ0v) is 14.6. The van der Waals surface area contributed by atoms with Crippen molar-refractivity contribution in [3.8, 4) is 0 Å². The number of piperazine rings is 1. The van der Waals surface area contributed by atoms with Crippen LogP contribution < -0.4 is 0 Å². The third kappa shape index (κ3) is 4.25. The Hall–Kier alpha value is -0.650. The van der Waals surface area contributed by atoms with E-state index in [1.165, 1.54) is 25.7 Å². The minimum atomic E-state index is 0.00546. The number of hydrogen-bond acceptors (Lipinski definition) is 4. The molecule has 1 amide bonds. The summed E-state index contributed by atoms with van der Waals surface area (Å²) >= 11 is 0. The Labute approximate surface area is 140 Å². The van der Waals surface area contributed by atoms with Crippen molar-refractivity contribution in [1.82, 2.24) is 9.80 Å². The zero-order chi connectivity index (χ0) is 16.1. The summed E-state index contributed by atoms with van der Waals surface area (Å²) in [6.45, 7) is 7.11. The normalized spacial score (nSPS) is 28.9. The van der Waals surface area contributed by atoms with E-state index in [4.69, 9.17) is 9.47 Å². The molecule has 0 unspecified atom stereocenters. The third-order valence-electron chi connectivity index (χ3n) is 5.74. The average Bonchev–Trinajstić information content (AvgIpc) is 2.56. The molecule has 3 aliphatic rings. The second kappa shape index (κ2) is 7.95. The van der Waals surface area contributed by atoms with E-state index in [2.05, 4.69) is 9.80 Å². The molecule has 0 aromatic heterocycles. The molecule has 3 fully saturated rings. The van der Waals surface area contributed by atoms with Gasteiger partial charge in [-0.1, -0.05) is 19.3 Å². The van der Waals surface area contributed by atoms with Crippen molar-refractivity contribution < 1.29 is 14.3 Å². The molecular formula is C18H32N2O3. The fraction of sp³-hybridized carbons (Fsp3) is 0.944. The van der Waals surface area contributed by atoms with Crippen molar-refractivity contribution in [2.45, 2.75) is 70.1 Å². The highest BCUT2D eigenvalue weighted by Gasteiger charge is 2.43. The van der Waals surface area contributed by atoms with E-state index in [0.29, 0.717) is 0 Å². The minimum absolute atomic E-state index is 0.00546. The molecule has 132 valence electrons. The minimum Gasteiger partial charge on any atom is -0.353 e. The quantitative estimate of drug-likeness (QED) is 0.796. The molecule has 1 atom stereocenters. The number of nitrogens with zero attached hydrogens (tertiary/aromatic N) is 2. The second-order valence-corrected chi connectivity index (χ2v) is 7.40. The summed E-state index contributed by atoms with van der Waals surface area (Å²) in [5.74, 6) is 0.249. The maximum absolute atomic E-state index is 12.1. The lowest BCUT2D eigenvalue weighted by atomic mass is 9.78. The highest BCUT2D eigenvalue weighted by molar-refractivity contribution is 5.74. The number of rotatable bonds is 4. The van der Waals surface area contributed by atoms with Crippen LogP contribution in [0.25, 0.3) is 0 Å². The van der Waals surface area contributed by atoms with Crippen molar-refractivity contribution in [3.63, 3.8) is 0 Å². The number of carbonyl (C=O) groups is 1. The van der Waals surface area contributed by atoms with Gasteiger partial charge in [0.15, 0.2) is 6.29 Å². The molecule has 0 N–H and O–H groups in total. The lowest BCUT2D eigenvalue weighted by Crippen LogP contribution is -2.64. The number of carbonyl (C=O) groups excluding carboxylic acids is 1. The van der Waals surface area contributed by atoms with E-state index in [0.717, 1.165) is 65.1 Å². The summed E-state index contributed by atoms with van der Waals surface area (Å²) in [4.78, 5) is 16.7. The van der Waals surface area contributed by atoms with Crippen molar-refractivity contribution in [3.05, 3.63) is 0 Å². The van der Waals surface area contributed by atoms with E-state index in [9.17, 15) is 4.79 Å². The Bertz CT molecular complexity index is 390. The zero-order valence-electron chi connectivity index (χ0n) is 14.6. The average molecular weight is 324 g/mol. The molecule has 0 radical (unpaired) electrons. The molecule has 1 saturated carbocycles. The van der Waals surface area contributed by atoms with Crippen molar-refractivity contribution in [1.29, 1.82) is 0 Å². The molecule has 0 aromatic carbocycles. The standard InChI is InChI=1S/C18H32N2O3/c1-16(21)20-11-10-19(15-18(20)8-4-2-5-9-18)12-14-23-17-7-3-6-13-22-17/h17H,2-15H2,1H3/t17-/m0/s1. The highest BCUT2D eigenvalue weighted by atomic mass is 16.7. The lowest BCUT2D eigenvalue weighted by molar-refractivity contribution is -0.166. The fourth-order valence-corrected chi connectivity index (χ4v) is 4.54. The Balaban J connectivity index is 1.50. The fourth-order valence-electron chi connectivity index (χ4n) is 4.54. The van der Waals surface area contributed by atoms with Gasteiger partial charge in [0.25, 0.3) is 0 Å². The Morgan fingerprint density at radius 2 is 2.00 bits per heavy atom. The summed E-state index contributed by atoms with van der Waals surface area (Å²) in [6, 6.07) is 0. The summed E-state index contributed by atoms with van der Waals surface area (Å²) in [6.07, 6.45) is 9.56. The van der Waals surface area contributed by atoms with E-state index >= 15 is 0 Å². The van der Waals surface area contributed by atoms with E-state index in [1.807, 2.05) is 0 Å². The summed E-state index contributed by atoms with van der Waals surface area (Å²) in [5, 5.41) is 0. The highest BCUT2D eigenvalue weighted by Crippen LogP contribution is 2.36. The van der Waals surface area contributed by atoms with Gasteiger partial charge in [-0.2, -0.15) is 0 Å². The van der Waals surface area contributed by atoms with Crippen molar-refractivity contribution >= 4 is 5.91 Å². The lowest BCUT2D eigenvalue weighted by Gasteiger charge is -2.52.